The lowest BCUT2D eigenvalue weighted by molar-refractivity contribution is 0.0923. The van der Waals surface area contributed by atoms with Crippen LogP contribution < -0.4 is 10.2 Å². The second-order valence-corrected chi connectivity index (χ2v) is 7.79. The molecule has 4 rings (SSSR count). The summed E-state index contributed by atoms with van der Waals surface area (Å²) in [6, 6.07) is 14.2. The van der Waals surface area contributed by atoms with Crippen LogP contribution in [0.15, 0.2) is 53.9 Å². The molecular weight excluding hydrogens is 372 g/mol. The van der Waals surface area contributed by atoms with Gasteiger partial charge >= 0.3 is 0 Å². The number of nitrogens with one attached hydrogen (secondary N) is 1. The Hall–Kier alpha value is -3.25. The van der Waals surface area contributed by atoms with Gasteiger partial charge in [0.05, 0.1) is 23.4 Å². The second-order valence-electron chi connectivity index (χ2n) is 6.76. The third-order valence-electron chi connectivity index (χ3n) is 4.76. The Morgan fingerprint density at radius 1 is 1.00 bits per heavy atom. The zero-order chi connectivity index (χ0) is 19.8. The van der Waals surface area contributed by atoms with Gasteiger partial charge in [-0.15, -0.1) is 11.3 Å². The Balaban J connectivity index is 1.62. The molecule has 0 saturated heterocycles. The van der Waals surface area contributed by atoms with Gasteiger partial charge in [0.15, 0.2) is 0 Å². The van der Waals surface area contributed by atoms with Crippen molar-refractivity contribution in [1.82, 2.24) is 5.32 Å². The molecule has 1 aliphatic rings. The van der Waals surface area contributed by atoms with Crippen molar-refractivity contribution in [3.05, 3.63) is 86.6 Å². The summed E-state index contributed by atoms with van der Waals surface area (Å²) in [5.41, 5.74) is 3.32. The number of rotatable bonds is 4. The lowest BCUT2D eigenvalue weighted by Crippen LogP contribution is -2.30. The van der Waals surface area contributed by atoms with Gasteiger partial charge in [-0.3, -0.25) is 14.4 Å². The Kier molecular flexibility index (Phi) is 4.57. The van der Waals surface area contributed by atoms with E-state index in [1.165, 1.54) is 11.0 Å². The Morgan fingerprint density at radius 2 is 1.79 bits per heavy atom. The maximum Gasteiger partial charge on any atom is 0.266 e. The fraction of sp³-hybridized carbons (Fsp3) is 0.136. The summed E-state index contributed by atoms with van der Waals surface area (Å²) < 4.78 is 0. The van der Waals surface area contributed by atoms with Crippen LogP contribution in [0.3, 0.4) is 0 Å². The van der Waals surface area contributed by atoms with Gasteiger partial charge in [0.25, 0.3) is 17.7 Å². The molecule has 140 valence electrons. The maximum atomic E-state index is 13.0. The summed E-state index contributed by atoms with van der Waals surface area (Å²) in [6.07, 6.45) is 0. The monoisotopic (exact) mass is 390 g/mol. The predicted octanol–water partition coefficient (Wildman–Crippen LogP) is 4.10. The summed E-state index contributed by atoms with van der Waals surface area (Å²) >= 11 is 1.56. The number of nitrogens with zero attached hydrogens (tertiary/aromatic N) is 1. The molecule has 3 amide bonds. The molecule has 1 aromatic heterocycles. The summed E-state index contributed by atoms with van der Waals surface area (Å²) in [4.78, 5) is 40.5. The van der Waals surface area contributed by atoms with Gasteiger partial charge in [-0.25, -0.2) is 4.90 Å². The van der Waals surface area contributed by atoms with E-state index in [4.69, 9.17) is 0 Å². The standard InChI is InChI=1S/C22H18N2O3S/c1-13-5-6-14(2)19(10-13)24-21(26)17-8-7-15(11-18(17)22(24)27)20(25)23-12-16-4-3-9-28-16/h3-11H,12H2,1-2H3,(H,23,25). The first kappa shape index (κ1) is 18.1. The number of amides is 3. The number of hydrogen-bond donors (Lipinski definition) is 1. The lowest BCUT2D eigenvalue weighted by atomic mass is 10.1. The van der Waals surface area contributed by atoms with Crippen LogP contribution in [0.5, 0.6) is 0 Å². The molecule has 0 radical (unpaired) electrons. The molecule has 2 aromatic carbocycles. The zero-order valence-corrected chi connectivity index (χ0v) is 16.3. The van der Waals surface area contributed by atoms with Gasteiger partial charge in [-0.2, -0.15) is 0 Å². The summed E-state index contributed by atoms with van der Waals surface area (Å²) in [6.45, 7) is 4.20. The first-order valence-corrected chi connectivity index (χ1v) is 9.74. The molecular formula is C22H18N2O3S. The third-order valence-corrected chi connectivity index (χ3v) is 5.63. The predicted molar refractivity (Wildman–Crippen MR) is 109 cm³/mol. The van der Waals surface area contributed by atoms with E-state index >= 15 is 0 Å². The van der Waals surface area contributed by atoms with E-state index in [1.54, 1.807) is 23.5 Å². The number of thiophene rings is 1. The van der Waals surface area contributed by atoms with Crippen LogP contribution in [0.4, 0.5) is 5.69 Å². The molecule has 3 aromatic rings. The molecule has 6 heteroatoms. The molecule has 0 atom stereocenters. The van der Waals surface area contributed by atoms with Crippen molar-refractivity contribution in [2.45, 2.75) is 20.4 Å². The van der Waals surface area contributed by atoms with Crippen molar-refractivity contribution in [1.29, 1.82) is 0 Å². The summed E-state index contributed by atoms with van der Waals surface area (Å²) in [7, 11) is 0. The summed E-state index contributed by atoms with van der Waals surface area (Å²) in [5.74, 6) is -1.04. The van der Waals surface area contributed by atoms with E-state index in [0.717, 1.165) is 16.0 Å². The zero-order valence-electron chi connectivity index (χ0n) is 15.5. The molecule has 0 spiro atoms. The quantitative estimate of drug-likeness (QED) is 0.682. The Labute approximate surface area is 166 Å². The van der Waals surface area contributed by atoms with Gasteiger partial charge in [0.2, 0.25) is 0 Å². The van der Waals surface area contributed by atoms with Crippen molar-refractivity contribution in [2.24, 2.45) is 0 Å². The highest BCUT2D eigenvalue weighted by molar-refractivity contribution is 7.09. The molecule has 2 heterocycles. The average molecular weight is 390 g/mol. The number of fused-ring (bicyclic) bond motifs is 1. The van der Waals surface area contributed by atoms with Crippen LogP contribution in [-0.2, 0) is 6.54 Å². The largest absolute Gasteiger partial charge is 0.347 e. The number of benzene rings is 2. The number of carbonyl (C=O) groups is 3. The van der Waals surface area contributed by atoms with Gasteiger partial charge in [0, 0.05) is 10.4 Å². The smallest absolute Gasteiger partial charge is 0.266 e. The number of hydrogen-bond acceptors (Lipinski definition) is 4. The Morgan fingerprint density at radius 3 is 2.54 bits per heavy atom. The molecule has 0 bridgehead atoms. The minimum atomic E-state index is -0.401. The lowest BCUT2D eigenvalue weighted by Gasteiger charge is -2.17. The van der Waals surface area contributed by atoms with Gasteiger partial charge in [-0.05, 0) is 60.7 Å². The van der Waals surface area contributed by atoms with E-state index in [2.05, 4.69) is 5.32 Å². The molecule has 0 unspecified atom stereocenters. The fourth-order valence-corrected chi connectivity index (χ4v) is 3.89. The number of imide groups is 1. The van der Waals surface area contributed by atoms with E-state index in [1.807, 2.05) is 49.6 Å². The highest BCUT2D eigenvalue weighted by Gasteiger charge is 2.37. The maximum absolute atomic E-state index is 13.0. The van der Waals surface area contributed by atoms with Crippen molar-refractivity contribution in [3.63, 3.8) is 0 Å². The second kappa shape index (κ2) is 7.05. The SMILES string of the molecule is Cc1ccc(C)c(N2C(=O)c3ccc(C(=O)NCc4cccs4)cc3C2=O)c1. The number of anilines is 1. The topological polar surface area (TPSA) is 66.5 Å². The first-order chi connectivity index (χ1) is 13.5. The van der Waals surface area contributed by atoms with E-state index in [9.17, 15) is 14.4 Å². The highest BCUT2D eigenvalue weighted by Crippen LogP contribution is 2.31. The molecule has 0 fully saturated rings. The molecule has 1 aliphatic heterocycles. The molecule has 0 saturated carbocycles. The molecule has 5 nitrogen and oxygen atoms in total. The minimum Gasteiger partial charge on any atom is -0.347 e. The van der Waals surface area contributed by atoms with E-state index in [0.29, 0.717) is 23.4 Å². The van der Waals surface area contributed by atoms with Gasteiger partial charge in [0.1, 0.15) is 0 Å². The van der Waals surface area contributed by atoms with Crippen molar-refractivity contribution < 1.29 is 14.4 Å². The van der Waals surface area contributed by atoms with Crippen molar-refractivity contribution >= 4 is 34.7 Å². The normalized spacial score (nSPS) is 13.0. The van der Waals surface area contributed by atoms with Crippen LogP contribution in [0.1, 0.15) is 47.1 Å². The van der Waals surface area contributed by atoms with E-state index < -0.39 is 5.91 Å². The first-order valence-electron chi connectivity index (χ1n) is 8.86. The highest BCUT2D eigenvalue weighted by atomic mass is 32.1. The van der Waals surface area contributed by atoms with Crippen molar-refractivity contribution in [3.8, 4) is 0 Å². The minimum absolute atomic E-state index is 0.259. The molecule has 28 heavy (non-hydrogen) atoms. The van der Waals surface area contributed by atoms with Crippen LogP contribution >= 0.6 is 11.3 Å². The van der Waals surface area contributed by atoms with Crippen LogP contribution in [-0.4, -0.2) is 17.7 Å². The average Bonchev–Trinajstić information content (AvgIpc) is 3.29. The molecule has 1 N–H and O–H groups in total. The third kappa shape index (κ3) is 3.12. The molecule has 0 aliphatic carbocycles. The van der Waals surface area contributed by atoms with Gasteiger partial charge in [-0.1, -0.05) is 18.2 Å². The van der Waals surface area contributed by atoms with Crippen LogP contribution in [0.2, 0.25) is 0 Å². The van der Waals surface area contributed by atoms with Gasteiger partial charge < -0.3 is 5.32 Å². The van der Waals surface area contributed by atoms with E-state index in [-0.39, 0.29) is 17.4 Å². The summed E-state index contributed by atoms with van der Waals surface area (Å²) in [5, 5.41) is 4.79. The van der Waals surface area contributed by atoms with Crippen LogP contribution in [0.25, 0.3) is 0 Å². The fourth-order valence-electron chi connectivity index (χ4n) is 3.24. The number of aryl methyl sites for hydroxylation is 2. The van der Waals surface area contributed by atoms with Crippen molar-refractivity contribution in [2.75, 3.05) is 4.90 Å². The van der Waals surface area contributed by atoms with Crippen LogP contribution in [0, 0.1) is 13.8 Å². The Bertz CT molecular complexity index is 1100. The number of carbonyl (C=O) groups excluding carboxylic acids is 3.